The minimum atomic E-state index is -0.497. The van der Waals surface area contributed by atoms with Gasteiger partial charge in [-0.1, -0.05) is 19.1 Å². The third-order valence-corrected chi connectivity index (χ3v) is 4.30. The monoisotopic (exact) mass is 351 g/mol. The standard InChI is InChI=1S/C19H26FNO4/c1-3-24-19-16(5-4-10-22)13(2)11-17(25-19)18(23)21-12-14-6-8-15(20)9-7-14/h6-9,11,13,16,19,22H,3-5,10,12H2,1-2H3,(H,21,23)/t13-,16+,19+/m1/s1. The molecule has 25 heavy (non-hydrogen) atoms. The Labute approximate surface area is 147 Å². The Hall–Kier alpha value is -1.92. The zero-order valence-corrected chi connectivity index (χ0v) is 14.7. The van der Waals surface area contributed by atoms with Crippen LogP contribution in [0.1, 0.15) is 32.3 Å². The fourth-order valence-corrected chi connectivity index (χ4v) is 2.91. The van der Waals surface area contributed by atoms with Crippen LogP contribution in [0.4, 0.5) is 4.39 Å². The van der Waals surface area contributed by atoms with Crippen molar-refractivity contribution in [3.8, 4) is 0 Å². The van der Waals surface area contributed by atoms with Gasteiger partial charge >= 0.3 is 0 Å². The summed E-state index contributed by atoms with van der Waals surface area (Å²) in [5.41, 5.74) is 0.807. The van der Waals surface area contributed by atoms with E-state index in [1.807, 2.05) is 13.8 Å². The molecule has 0 aliphatic carbocycles. The Morgan fingerprint density at radius 1 is 1.36 bits per heavy atom. The van der Waals surface area contributed by atoms with Gasteiger partial charge in [-0.05, 0) is 49.5 Å². The second kappa shape index (κ2) is 9.53. The quantitative estimate of drug-likeness (QED) is 0.756. The summed E-state index contributed by atoms with van der Waals surface area (Å²) in [4.78, 5) is 12.4. The van der Waals surface area contributed by atoms with Crippen LogP contribution in [-0.2, 0) is 20.8 Å². The van der Waals surface area contributed by atoms with Crippen LogP contribution in [0.3, 0.4) is 0 Å². The van der Waals surface area contributed by atoms with Gasteiger partial charge in [-0.2, -0.15) is 0 Å². The van der Waals surface area contributed by atoms with Gasteiger partial charge in [0.05, 0.1) is 0 Å². The van der Waals surface area contributed by atoms with E-state index < -0.39 is 6.29 Å². The first kappa shape index (κ1) is 19.4. The van der Waals surface area contributed by atoms with Gasteiger partial charge in [0.1, 0.15) is 5.82 Å². The van der Waals surface area contributed by atoms with Gasteiger partial charge in [-0.15, -0.1) is 0 Å². The summed E-state index contributed by atoms with van der Waals surface area (Å²) in [6.07, 6.45) is 2.74. The van der Waals surface area contributed by atoms with Crippen molar-refractivity contribution in [2.24, 2.45) is 11.8 Å². The SMILES string of the molecule is CCO[C@H]1OC(C(=O)NCc2ccc(F)cc2)=C[C@@H](C)[C@@H]1CCCO. The molecule has 2 N–H and O–H groups in total. The van der Waals surface area contributed by atoms with Crippen LogP contribution in [0.15, 0.2) is 36.1 Å². The molecule has 0 radical (unpaired) electrons. The maximum Gasteiger partial charge on any atom is 0.286 e. The largest absolute Gasteiger partial charge is 0.459 e. The minimum absolute atomic E-state index is 0.0979. The van der Waals surface area contributed by atoms with Crippen molar-refractivity contribution in [3.63, 3.8) is 0 Å². The lowest BCUT2D eigenvalue weighted by molar-refractivity contribution is -0.171. The Kier molecular flexibility index (Phi) is 7.40. The van der Waals surface area contributed by atoms with Crippen molar-refractivity contribution in [2.45, 2.75) is 39.5 Å². The van der Waals surface area contributed by atoms with Crippen molar-refractivity contribution in [2.75, 3.05) is 13.2 Å². The van der Waals surface area contributed by atoms with E-state index in [4.69, 9.17) is 14.6 Å². The second-order valence-corrected chi connectivity index (χ2v) is 6.17. The number of amides is 1. The molecule has 0 fully saturated rings. The van der Waals surface area contributed by atoms with Crippen LogP contribution in [0.2, 0.25) is 0 Å². The van der Waals surface area contributed by atoms with E-state index in [0.29, 0.717) is 19.6 Å². The molecule has 3 atom stereocenters. The Balaban J connectivity index is 1.99. The number of aliphatic hydroxyl groups is 1. The van der Waals surface area contributed by atoms with Crippen LogP contribution in [0.25, 0.3) is 0 Å². The third-order valence-electron chi connectivity index (χ3n) is 4.30. The molecule has 1 aliphatic rings. The van der Waals surface area contributed by atoms with E-state index in [9.17, 15) is 9.18 Å². The van der Waals surface area contributed by atoms with Crippen LogP contribution < -0.4 is 5.32 Å². The molecule has 0 unspecified atom stereocenters. The summed E-state index contributed by atoms with van der Waals surface area (Å²) in [5.74, 6) is -0.185. The van der Waals surface area contributed by atoms with E-state index in [1.165, 1.54) is 12.1 Å². The zero-order valence-electron chi connectivity index (χ0n) is 14.7. The second-order valence-electron chi connectivity index (χ2n) is 6.17. The molecule has 1 aromatic rings. The van der Waals surface area contributed by atoms with Crippen LogP contribution >= 0.6 is 0 Å². The number of aliphatic hydroxyl groups excluding tert-OH is 1. The first-order valence-electron chi connectivity index (χ1n) is 8.68. The van der Waals surface area contributed by atoms with E-state index in [1.54, 1.807) is 18.2 Å². The highest BCUT2D eigenvalue weighted by atomic mass is 19.1. The average Bonchev–Trinajstić information content (AvgIpc) is 2.60. The number of carbonyl (C=O) groups excluding carboxylic acids is 1. The molecular weight excluding hydrogens is 325 g/mol. The fraction of sp³-hybridized carbons (Fsp3) is 0.526. The third kappa shape index (κ3) is 5.54. The summed E-state index contributed by atoms with van der Waals surface area (Å²) < 4.78 is 24.3. The first-order chi connectivity index (χ1) is 12.0. The van der Waals surface area contributed by atoms with Gasteiger partial charge in [-0.25, -0.2) is 4.39 Å². The predicted octanol–water partition coefficient (Wildman–Crippen LogP) is 2.74. The number of halogens is 1. The Morgan fingerprint density at radius 2 is 2.08 bits per heavy atom. The summed E-state index contributed by atoms with van der Waals surface area (Å²) >= 11 is 0. The van der Waals surface area contributed by atoms with E-state index >= 15 is 0 Å². The van der Waals surface area contributed by atoms with Crippen molar-refractivity contribution >= 4 is 5.91 Å². The first-order valence-corrected chi connectivity index (χ1v) is 8.68. The zero-order chi connectivity index (χ0) is 18.2. The molecule has 5 nitrogen and oxygen atoms in total. The van der Waals surface area contributed by atoms with Crippen molar-refractivity contribution in [1.82, 2.24) is 5.32 Å². The summed E-state index contributed by atoms with van der Waals surface area (Å²) in [6.45, 7) is 4.79. The normalized spacial score (nSPS) is 22.9. The molecule has 0 aromatic heterocycles. The van der Waals surface area contributed by atoms with Gasteiger partial charge in [0, 0.05) is 25.7 Å². The molecule has 2 rings (SSSR count). The van der Waals surface area contributed by atoms with Crippen molar-refractivity contribution in [3.05, 3.63) is 47.5 Å². The molecule has 0 saturated heterocycles. The molecular formula is C19H26FNO4. The number of rotatable bonds is 8. The smallest absolute Gasteiger partial charge is 0.286 e. The maximum atomic E-state index is 12.9. The molecule has 1 aromatic carbocycles. The highest BCUT2D eigenvalue weighted by Crippen LogP contribution is 2.32. The molecule has 1 heterocycles. The average molecular weight is 351 g/mol. The highest BCUT2D eigenvalue weighted by Gasteiger charge is 2.34. The summed E-state index contributed by atoms with van der Waals surface area (Å²) in [7, 11) is 0. The number of nitrogens with one attached hydrogen (secondary N) is 1. The molecule has 6 heteroatoms. The summed E-state index contributed by atoms with van der Waals surface area (Å²) in [5, 5.41) is 11.8. The number of allylic oxidation sites excluding steroid dienone is 1. The molecule has 1 amide bonds. The van der Waals surface area contributed by atoms with E-state index in [2.05, 4.69) is 5.32 Å². The van der Waals surface area contributed by atoms with Gasteiger partial charge in [0.25, 0.3) is 5.91 Å². The molecule has 0 spiro atoms. The number of carbonyl (C=O) groups is 1. The lowest BCUT2D eigenvalue weighted by Gasteiger charge is -2.35. The van der Waals surface area contributed by atoms with Crippen LogP contribution in [0, 0.1) is 17.7 Å². The van der Waals surface area contributed by atoms with Gasteiger partial charge < -0.3 is 19.9 Å². The molecule has 138 valence electrons. The molecule has 0 bridgehead atoms. The van der Waals surface area contributed by atoms with Gasteiger partial charge in [-0.3, -0.25) is 4.79 Å². The maximum absolute atomic E-state index is 12.9. The number of benzene rings is 1. The highest BCUT2D eigenvalue weighted by molar-refractivity contribution is 5.91. The van der Waals surface area contributed by atoms with Gasteiger partial charge in [0.15, 0.2) is 5.76 Å². The van der Waals surface area contributed by atoms with E-state index in [0.717, 1.165) is 12.0 Å². The number of hydrogen-bond donors (Lipinski definition) is 2. The topological polar surface area (TPSA) is 67.8 Å². The van der Waals surface area contributed by atoms with Crippen molar-refractivity contribution < 1.29 is 23.8 Å². The molecule has 1 aliphatic heterocycles. The fourth-order valence-electron chi connectivity index (χ4n) is 2.91. The lowest BCUT2D eigenvalue weighted by atomic mass is 9.87. The van der Waals surface area contributed by atoms with Gasteiger partial charge in [0.2, 0.25) is 6.29 Å². The number of hydrogen-bond acceptors (Lipinski definition) is 4. The van der Waals surface area contributed by atoms with E-state index in [-0.39, 0.29) is 35.9 Å². The Morgan fingerprint density at radius 3 is 2.72 bits per heavy atom. The molecule has 0 saturated carbocycles. The number of ether oxygens (including phenoxy) is 2. The minimum Gasteiger partial charge on any atom is -0.459 e. The summed E-state index contributed by atoms with van der Waals surface area (Å²) in [6, 6.07) is 5.97. The van der Waals surface area contributed by atoms with Crippen LogP contribution in [0.5, 0.6) is 0 Å². The lowest BCUT2D eigenvalue weighted by Crippen LogP contribution is -2.38. The van der Waals surface area contributed by atoms with Crippen molar-refractivity contribution in [1.29, 1.82) is 0 Å². The Bertz CT molecular complexity index is 588. The predicted molar refractivity (Wildman–Crippen MR) is 91.8 cm³/mol. The van der Waals surface area contributed by atoms with Crippen LogP contribution in [-0.4, -0.2) is 30.5 Å².